The summed E-state index contributed by atoms with van der Waals surface area (Å²) in [6.45, 7) is 4.56. The van der Waals surface area contributed by atoms with Gasteiger partial charge in [-0.3, -0.25) is 37.3 Å². The number of phosphoric ester groups is 2. The van der Waals surface area contributed by atoms with Gasteiger partial charge in [0.1, 0.15) is 19.3 Å². The number of aliphatic hydroxyl groups excluding tert-OH is 1. The molecular weight excluding hydrogens is 1260 g/mol. The molecule has 3 N–H and O–H groups in total. The van der Waals surface area contributed by atoms with E-state index in [4.69, 9.17) is 37.0 Å². The summed E-state index contributed by atoms with van der Waals surface area (Å²) in [5, 5.41) is 10.6. The highest BCUT2D eigenvalue weighted by molar-refractivity contribution is 7.47. The Morgan fingerprint density at radius 2 is 0.573 bits per heavy atom. The van der Waals surface area contributed by atoms with Crippen LogP contribution in [0.1, 0.15) is 297 Å². The zero-order valence-corrected chi connectivity index (χ0v) is 61.8. The zero-order valence-electron chi connectivity index (χ0n) is 60.0. The minimum absolute atomic E-state index is 0.0757. The van der Waals surface area contributed by atoms with E-state index < -0.39 is 97.5 Å². The molecule has 0 saturated carbocycles. The Kier molecular flexibility index (Phi) is 66.1. The van der Waals surface area contributed by atoms with Crippen LogP contribution in [0.4, 0.5) is 0 Å². The predicted octanol–water partition coefficient (Wildman–Crippen LogP) is 21.0. The predicted molar refractivity (Wildman–Crippen MR) is 390 cm³/mol. The lowest BCUT2D eigenvalue weighted by molar-refractivity contribution is -0.161. The van der Waals surface area contributed by atoms with Gasteiger partial charge in [0.2, 0.25) is 0 Å². The summed E-state index contributed by atoms with van der Waals surface area (Å²) >= 11 is 0. The molecule has 0 bridgehead atoms. The van der Waals surface area contributed by atoms with Crippen molar-refractivity contribution in [2.24, 2.45) is 0 Å². The Balaban J connectivity index is 5.35. The van der Waals surface area contributed by atoms with Gasteiger partial charge in [0.15, 0.2) is 12.2 Å². The number of rotatable bonds is 69. The summed E-state index contributed by atoms with van der Waals surface area (Å²) in [4.78, 5) is 72.7. The first-order chi connectivity index (χ1) is 46.7. The molecule has 0 spiro atoms. The van der Waals surface area contributed by atoms with Gasteiger partial charge in [-0.1, -0.05) is 240 Å². The number of ether oxygens (including phenoxy) is 4. The molecule has 0 aromatic carbocycles. The lowest BCUT2D eigenvalue weighted by Crippen LogP contribution is -2.30. The van der Waals surface area contributed by atoms with Crippen molar-refractivity contribution in [1.29, 1.82) is 0 Å². The molecule has 96 heavy (non-hydrogen) atoms. The third kappa shape index (κ3) is 68.3. The molecule has 0 rings (SSSR count). The number of esters is 4. The van der Waals surface area contributed by atoms with E-state index in [0.717, 1.165) is 180 Å². The van der Waals surface area contributed by atoms with Crippen molar-refractivity contribution in [3.05, 3.63) is 109 Å². The van der Waals surface area contributed by atoms with Gasteiger partial charge >= 0.3 is 39.5 Å². The molecule has 0 fully saturated rings. The number of hydrogen-bond acceptors (Lipinski definition) is 15. The first kappa shape index (κ1) is 91.7. The molecule has 0 saturated heterocycles. The highest BCUT2D eigenvalue weighted by Crippen LogP contribution is 2.45. The van der Waals surface area contributed by atoms with Crippen molar-refractivity contribution in [3.8, 4) is 0 Å². The van der Waals surface area contributed by atoms with Crippen molar-refractivity contribution in [3.63, 3.8) is 0 Å². The lowest BCUT2D eigenvalue weighted by atomic mass is 10.1. The standard InChI is InChI=1S/C77H132O17P2/c1-5-9-13-17-21-25-29-32-33-34-35-36-37-40-43-46-50-54-58-62-75(80)88-68-73(94-77(82)64-60-56-52-48-44-39-31-27-23-19-15-11-7-3)70-92-96(85,86)90-66-71(78)65-89-95(83,84)91-69-72(93-76(81)63-59-55-51-47-41-28-24-20-16-12-8-4)67-87-74(79)61-57-53-49-45-42-38-30-26-22-18-14-10-6-2/h9,13-14,18,20-21,24-27,30-33,35-36,40,43,71-73,78H,5-8,10-12,15-17,19,22-23,28-29,34,37-39,41-42,44-70H2,1-4H3,(H,83,84)(H,85,86)/b13-9-,18-14-,24-20-,25-21-,30-26-,31-27-,33-32-,36-35-,43-40-. The summed E-state index contributed by atoms with van der Waals surface area (Å²) in [7, 11) is -9.96. The topological polar surface area (TPSA) is 237 Å². The first-order valence-corrected chi connectivity index (χ1v) is 40.1. The van der Waals surface area contributed by atoms with Crippen LogP contribution in [0.5, 0.6) is 0 Å². The van der Waals surface area contributed by atoms with E-state index in [2.05, 4.69) is 137 Å². The molecule has 17 nitrogen and oxygen atoms in total. The SMILES string of the molecule is CC/C=C\C/C=C\C/C=C\C/C=C\C/C=C\CCCCCC(=O)OCC(COP(=O)(O)OCC(O)COP(=O)(O)OCC(COC(=O)CCCCCCC/C=C\C/C=C\CCC)OC(=O)CCCCCCC/C=C\CCCC)OC(=O)CCCCCCC/C=C\CCCCCC. The van der Waals surface area contributed by atoms with Crippen molar-refractivity contribution in [1.82, 2.24) is 0 Å². The van der Waals surface area contributed by atoms with Gasteiger partial charge in [0, 0.05) is 25.7 Å². The quantitative estimate of drug-likeness (QED) is 0.0169. The monoisotopic (exact) mass is 1390 g/mol. The largest absolute Gasteiger partial charge is 0.472 e. The second-order valence-electron chi connectivity index (χ2n) is 24.5. The fraction of sp³-hybridized carbons (Fsp3) is 0.714. The van der Waals surface area contributed by atoms with E-state index >= 15 is 0 Å². The molecule has 0 amide bonds. The Morgan fingerprint density at radius 1 is 0.302 bits per heavy atom. The normalized spacial score (nSPS) is 14.6. The fourth-order valence-corrected chi connectivity index (χ4v) is 11.1. The van der Waals surface area contributed by atoms with E-state index in [1.807, 2.05) is 0 Å². The smallest absolute Gasteiger partial charge is 0.462 e. The third-order valence-electron chi connectivity index (χ3n) is 15.2. The minimum atomic E-state index is -4.98. The van der Waals surface area contributed by atoms with Crippen molar-refractivity contribution in [2.75, 3.05) is 39.6 Å². The summed E-state index contributed by atoms with van der Waals surface area (Å²) in [6, 6.07) is 0. The van der Waals surface area contributed by atoms with Crippen molar-refractivity contribution >= 4 is 39.5 Å². The Labute approximate surface area is 581 Å². The molecule has 19 heteroatoms. The molecule has 5 atom stereocenters. The maximum Gasteiger partial charge on any atom is 0.472 e. The maximum atomic E-state index is 13.1. The molecule has 0 aliphatic carbocycles. The number of carbonyl (C=O) groups excluding carboxylic acids is 4. The van der Waals surface area contributed by atoms with Gasteiger partial charge in [-0.15, -0.1) is 0 Å². The van der Waals surface area contributed by atoms with Gasteiger partial charge in [-0.25, -0.2) is 9.13 Å². The van der Waals surface area contributed by atoms with Crippen LogP contribution in [-0.2, 0) is 65.4 Å². The molecule has 0 aliphatic heterocycles. The highest BCUT2D eigenvalue weighted by Gasteiger charge is 2.30. The molecule has 0 aliphatic rings. The van der Waals surface area contributed by atoms with Crippen molar-refractivity contribution in [2.45, 2.75) is 316 Å². The molecule has 0 aromatic rings. The second kappa shape index (κ2) is 69.2. The Morgan fingerprint density at radius 3 is 0.927 bits per heavy atom. The van der Waals surface area contributed by atoms with Gasteiger partial charge in [0.25, 0.3) is 0 Å². The second-order valence-corrected chi connectivity index (χ2v) is 27.4. The van der Waals surface area contributed by atoms with Crippen LogP contribution >= 0.6 is 15.6 Å². The number of unbranched alkanes of at least 4 members (excludes halogenated alkanes) is 25. The highest BCUT2D eigenvalue weighted by atomic mass is 31.2. The average molecular weight is 1390 g/mol. The van der Waals surface area contributed by atoms with E-state index in [1.54, 1.807) is 0 Å². The van der Waals surface area contributed by atoms with Crippen LogP contribution in [0.25, 0.3) is 0 Å². The van der Waals surface area contributed by atoms with Gasteiger partial charge in [-0.2, -0.15) is 0 Å². The van der Waals surface area contributed by atoms with Gasteiger partial charge < -0.3 is 33.8 Å². The summed E-state index contributed by atoms with van der Waals surface area (Å²) < 4.78 is 68.3. The lowest BCUT2D eigenvalue weighted by Gasteiger charge is -2.21. The fourth-order valence-electron chi connectivity index (χ4n) is 9.49. The minimum Gasteiger partial charge on any atom is -0.462 e. The molecule has 0 aromatic heterocycles. The maximum absolute atomic E-state index is 13.1. The third-order valence-corrected chi connectivity index (χ3v) is 17.1. The van der Waals surface area contributed by atoms with E-state index in [-0.39, 0.29) is 25.7 Å². The number of allylic oxidation sites excluding steroid dienone is 18. The number of carbonyl (C=O) groups is 4. The summed E-state index contributed by atoms with van der Waals surface area (Å²) in [6.07, 6.45) is 72.4. The van der Waals surface area contributed by atoms with Crippen molar-refractivity contribution < 1.29 is 80.2 Å². The van der Waals surface area contributed by atoms with Crippen LogP contribution in [0.15, 0.2) is 109 Å². The van der Waals surface area contributed by atoms with E-state index in [0.29, 0.717) is 25.7 Å². The van der Waals surface area contributed by atoms with Crippen LogP contribution in [-0.4, -0.2) is 96.7 Å². The number of phosphoric acid groups is 2. The average Bonchev–Trinajstić information content (AvgIpc) is 1.17. The first-order valence-electron chi connectivity index (χ1n) is 37.1. The van der Waals surface area contributed by atoms with E-state index in [1.165, 1.54) is 38.5 Å². The summed E-state index contributed by atoms with van der Waals surface area (Å²) in [5.74, 6) is -2.24. The van der Waals surface area contributed by atoms with Crippen LogP contribution in [0.3, 0.4) is 0 Å². The number of hydrogen-bond donors (Lipinski definition) is 3. The molecule has 0 heterocycles. The Bertz CT molecular complexity index is 2250. The molecule has 0 radical (unpaired) electrons. The molecule has 5 unspecified atom stereocenters. The summed E-state index contributed by atoms with van der Waals surface area (Å²) in [5.41, 5.74) is 0. The van der Waals surface area contributed by atoms with Gasteiger partial charge in [-0.05, 0) is 141 Å². The van der Waals surface area contributed by atoms with Crippen LogP contribution < -0.4 is 0 Å². The van der Waals surface area contributed by atoms with Crippen LogP contribution in [0.2, 0.25) is 0 Å². The van der Waals surface area contributed by atoms with E-state index in [9.17, 15) is 43.2 Å². The van der Waals surface area contributed by atoms with Crippen LogP contribution in [0, 0.1) is 0 Å². The number of aliphatic hydroxyl groups is 1. The molecular formula is C77H132O17P2. The zero-order chi connectivity index (χ0) is 70.4. The Hall–Kier alpha value is -4.28. The molecule has 552 valence electrons. The van der Waals surface area contributed by atoms with Gasteiger partial charge in [0.05, 0.1) is 26.4 Å².